The van der Waals surface area contributed by atoms with Crippen molar-refractivity contribution in [3.05, 3.63) is 94.1 Å². The van der Waals surface area contributed by atoms with Crippen molar-refractivity contribution in [1.82, 2.24) is 4.57 Å². The van der Waals surface area contributed by atoms with E-state index in [4.69, 9.17) is 5.73 Å². The van der Waals surface area contributed by atoms with E-state index in [-0.39, 0.29) is 5.56 Å². The number of halogens is 5. The molecule has 5 aromatic rings. The maximum absolute atomic E-state index is 14.5. The molecule has 3 aromatic carbocycles. The Bertz CT molecular complexity index is 1540. The second kappa shape index (κ2) is 7.70. The van der Waals surface area contributed by atoms with Gasteiger partial charge in [0.05, 0.1) is 17.6 Å². The average molecular weight is 472 g/mol. The number of amides is 1. The monoisotopic (exact) mass is 472 g/mol. The number of carbonyl (C=O) groups is 1. The minimum absolute atomic E-state index is 0.178. The van der Waals surface area contributed by atoms with Crippen LogP contribution in [0.3, 0.4) is 0 Å². The van der Waals surface area contributed by atoms with Gasteiger partial charge in [-0.3, -0.25) is 4.79 Å². The Morgan fingerprint density at radius 1 is 0.848 bits per heavy atom. The molecule has 1 amide bonds. The molecule has 0 aliphatic rings. The molecule has 0 fully saturated rings. The summed E-state index contributed by atoms with van der Waals surface area (Å²) in [7, 11) is 0. The van der Waals surface area contributed by atoms with E-state index in [1.807, 2.05) is 23.6 Å². The van der Waals surface area contributed by atoms with Crippen LogP contribution in [0, 0.1) is 29.1 Å². The van der Waals surface area contributed by atoms with Crippen LogP contribution in [0.25, 0.3) is 32.2 Å². The Balaban J connectivity index is 1.85. The fourth-order valence-electron chi connectivity index (χ4n) is 4.06. The zero-order chi connectivity index (χ0) is 23.4. The van der Waals surface area contributed by atoms with Crippen molar-refractivity contribution >= 4 is 39.0 Å². The first-order chi connectivity index (χ1) is 15.8. The highest BCUT2D eigenvalue weighted by Crippen LogP contribution is 2.36. The molecule has 2 heterocycles. The molecule has 0 unspecified atom stereocenters. The van der Waals surface area contributed by atoms with Gasteiger partial charge in [-0.05, 0) is 35.2 Å². The van der Waals surface area contributed by atoms with Gasteiger partial charge in [0.25, 0.3) is 0 Å². The number of nitrogens with two attached hydrogens (primary N) is 1. The number of fused-ring (bicyclic) bond motifs is 3. The van der Waals surface area contributed by atoms with Crippen LogP contribution in [0.15, 0.2) is 53.9 Å². The van der Waals surface area contributed by atoms with Gasteiger partial charge >= 0.3 is 0 Å². The molecule has 0 radical (unpaired) electrons. The van der Waals surface area contributed by atoms with Gasteiger partial charge < -0.3 is 10.3 Å². The number of benzene rings is 3. The standard InChI is InChI=1S/C24H13F5N2OS/c25-19-14(20(26)22(28)23(29)21(19)27)10-31-15-4-1-3-13(24(30)32)18(15)12-7-6-11(9-16(12)31)17-5-2-8-33-17/h1-9H,10H2,(H2,30,32). The Kier molecular flexibility index (Phi) is 4.93. The molecule has 0 bridgehead atoms. The van der Waals surface area contributed by atoms with Crippen molar-refractivity contribution in [2.45, 2.75) is 6.54 Å². The maximum atomic E-state index is 14.5. The molecule has 0 spiro atoms. The first-order valence-corrected chi connectivity index (χ1v) is 10.6. The quantitative estimate of drug-likeness (QED) is 0.185. The van der Waals surface area contributed by atoms with Gasteiger partial charge in [-0.15, -0.1) is 11.3 Å². The molecular formula is C24H13F5N2OS. The average Bonchev–Trinajstić information content (AvgIpc) is 3.45. The van der Waals surface area contributed by atoms with Gasteiger partial charge in [0.15, 0.2) is 23.3 Å². The van der Waals surface area contributed by atoms with E-state index in [1.165, 1.54) is 28.0 Å². The Morgan fingerprint density at radius 3 is 2.18 bits per heavy atom. The zero-order valence-corrected chi connectivity index (χ0v) is 17.5. The summed E-state index contributed by atoms with van der Waals surface area (Å²) in [5.41, 5.74) is 6.35. The minimum atomic E-state index is -2.22. The first kappa shape index (κ1) is 21.1. The summed E-state index contributed by atoms with van der Waals surface area (Å²) in [5.74, 6) is -10.8. The lowest BCUT2D eigenvalue weighted by molar-refractivity contribution is 0.100. The van der Waals surface area contributed by atoms with Gasteiger partial charge in [0.1, 0.15) is 0 Å². The second-order valence-corrected chi connectivity index (χ2v) is 8.36. The third kappa shape index (κ3) is 3.19. The van der Waals surface area contributed by atoms with Gasteiger partial charge in [-0.25, -0.2) is 22.0 Å². The highest BCUT2D eigenvalue weighted by Gasteiger charge is 2.27. The third-order valence-electron chi connectivity index (χ3n) is 5.58. The lowest BCUT2D eigenvalue weighted by atomic mass is 10.0. The molecule has 2 N–H and O–H groups in total. The van der Waals surface area contributed by atoms with Crippen molar-refractivity contribution in [3.8, 4) is 10.4 Å². The molecule has 5 rings (SSSR count). The summed E-state index contributed by atoms with van der Waals surface area (Å²) in [5, 5.41) is 2.87. The smallest absolute Gasteiger partial charge is 0.249 e. The van der Waals surface area contributed by atoms with Crippen LogP contribution in [0.5, 0.6) is 0 Å². The van der Waals surface area contributed by atoms with Crippen LogP contribution in [0.2, 0.25) is 0 Å². The molecule has 0 aliphatic heterocycles. The number of aromatic nitrogens is 1. The lowest BCUT2D eigenvalue weighted by Gasteiger charge is -2.12. The van der Waals surface area contributed by atoms with E-state index in [0.717, 1.165) is 10.4 Å². The minimum Gasteiger partial charge on any atom is -0.366 e. The van der Waals surface area contributed by atoms with E-state index in [1.54, 1.807) is 18.2 Å². The highest BCUT2D eigenvalue weighted by molar-refractivity contribution is 7.13. The molecule has 0 atom stereocenters. The molecule has 0 saturated heterocycles. The van der Waals surface area contributed by atoms with Crippen LogP contribution in [-0.4, -0.2) is 10.5 Å². The van der Waals surface area contributed by atoms with E-state index in [0.29, 0.717) is 21.8 Å². The molecule has 3 nitrogen and oxygen atoms in total. The predicted molar refractivity (Wildman–Crippen MR) is 117 cm³/mol. The number of carbonyl (C=O) groups excluding carboxylic acids is 1. The molecule has 33 heavy (non-hydrogen) atoms. The molecule has 0 aliphatic carbocycles. The lowest BCUT2D eigenvalue weighted by Crippen LogP contribution is -2.12. The fraction of sp³-hybridized carbons (Fsp3) is 0.0417. The topological polar surface area (TPSA) is 48.0 Å². The summed E-state index contributed by atoms with van der Waals surface area (Å²) in [6.07, 6.45) is 0. The van der Waals surface area contributed by atoms with Gasteiger partial charge in [-0.1, -0.05) is 24.3 Å². The van der Waals surface area contributed by atoms with Crippen LogP contribution in [0.1, 0.15) is 15.9 Å². The summed E-state index contributed by atoms with van der Waals surface area (Å²) in [4.78, 5) is 13.0. The predicted octanol–water partition coefficient (Wildman–Crippen LogP) is 6.37. The molecule has 2 aromatic heterocycles. The summed E-state index contributed by atoms with van der Waals surface area (Å²) >= 11 is 1.48. The first-order valence-electron chi connectivity index (χ1n) is 9.68. The molecule has 166 valence electrons. The molecule has 0 saturated carbocycles. The fourth-order valence-corrected chi connectivity index (χ4v) is 4.79. The maximum Gasteiger partial charge on any atom is 0.249 e. The van der Waals surface area contributed by atoms with E-state index in [9.17, 15) is 26.7 Å². The van der Waals surface area contributed by atoms with Gasteiger partial charge in [-0.2, -0.15) is 0 Å². The zero-order valence-electron chi connectivity index (χ0n) is 16.6. The number of primary amides is 1. The van der Waals surface area contributed by atoms with Crippen molar-refractivity contribution in [3.63, 3.8) is 0 Å². The van der Waals surface area contributed by atoms with Crippen molar-refractivity contribution < 1.29 is 26.7 Å². The number of rotatable bonds is 4. The number of hydrogen-bond donors (Lipinski definition) is 1. The Labute approximate surface area is 187 Å². The van der Waals surface area contributed by atoms with Crippen LogP contribution >= 0.6 is 11.3 Å². The van der Waals surface area contributed by atoms with E-state index in [2.05, 4.69) is 0 Å². The Hall–Kier alpha value is -3.72. The molecule has 9 heteroatoms. The van der Waals surface area contributed by atoms with Gasteiger partial charge in [0.2, 0.25) is 11.7 Å². The van der Waals surface area contributed by atoms with Crippen molar-refractivity contribution in [2.24, 2.45) is 5.73 Å². The summed E-state index contributed by atoms with van der Waals surface area (Å²) in [6, 6.07) is 13.7. The van der Waals surface area contributed by atoms with Crippen molar-refractivity contribution in [1.29, 1.82) is 0 Å². The molecular weight excluding hydrogens is 459 g/mol. The number of thiophene rings is 1. The van der Waals surface area contributed by atoms with E-state index >= 15 is 0 Å². The van der Waals surface area contributed by atoms with Crippen molar-refractivity contribution in [2.75, 3.05) is 0 Å². The normalized spacial score (nSPS) is 11.5. The second-order valence-electron chi connectivity index (χ2n) is 7.41. The van der Waals surface area contributed by atoms with Gasteiger partial charge in [0, 0.05) is 26.8 Å². The largest absolute Gasteiger partial charge is 0.366 e. The third-order valence-corrected chi connectivity index (χ3v) is 6.50. The highest BCUT2D eigenvalue weighted by atomic mass is 32.1. The Morgan fingerprint density at radius 2 is 1.55 bits per heavy atom. The van der Waals surface area contributed by atoms with Crippen LogP contribution < -0.4 is 5.73 Å². The summed E-state index contributed by atoms with van der Waals surface area (Å²) < 4.78 is 71.7. The number of nitrogens with zero attached hydrogens (tertiary/aromatic N) is 1. The van der Waals surface area contributed by atoms with E-state index < -0.39 is 47.1 Å². The number of hydrogen-bond acceptors (Lipinski definition) is 2. The SMILES string of the molecule is NC(=O)c1cccc2c1c1ccc(-c3cccs3)cc1n2Cc1c(F)c(F)c(F)c(F)c1F. The summed E-state index contributed by atoms with van der Waals surface area (Å²) in [6.45, 7) is -0.651. The van der Waals surface area contributed by atoms with Crippen LogP contribution in [0.4, 0.5) is 22.0 Å². The van der Waals surface area contributed by atoms with Crippen LogP contribution in [-0.2, 0) is 6.54 Å².